The van der Waals surface area contributed by atoms with E-state index in [1.807, 2.05) is 24.3 Å². The highest BCUT2D eigenvalue weighted by Gasteiger charge is 2.16. The van der Waals surface area contributed by atoms with E-state index in [1.54, 1.807) is 18.2 Å². The molecule has 0 unspecified atom stereocenters. The molecule has 20 heavy (non-hydrogen) atoms. The molecule has 0 aliphatic heterocycles. The van der Waals surface area contributed by atoms with Gasteiger partial charge in [0.1, 0.15) is 11.8 Å². The molecule has 3 aromatic rings. The Morgan fingerprint density at radius 1 is 1.05 bits per heavy atom. The molecule has 1 aromatic heterocycles. The summed E-state index contributed by atoms with van der Waals surface area (Å²) in [4.78, 5) is 12.4. The van der Waals surface area contributed by atoms with Gasteiger partial charge in [-0.05, 0) is 17.7 Å². The number of carbonyl (C=O) groups is 1. The summed E-state index contributed by atoms with van der Waals surface area (Å²) in [5, 5.41) is 1.69. The van der Waals surface area contributed by atoms with Gasteiger partial charge in [-0.3, -0.25) is 4.79 Å². The SMILES string of the molecule is O=C(Cc1cccc(Cl)c1Cl)c1coc2ccccc12. The lowest BCUT2D eigenvalue weighted by molar-refractivity contribution is 0.0993. The van der Waals surface area contributed by atoms with Crippen molar-refractivity contribution in [1.29, 1.82) is 0 Å². The second kappa shape index (κ2) is 5.31. The van der Waals surface area contributed by atoms with Crippen molar-refractivity contribution in [2.24, 2.45) is 0 Å². The molecular weight excluding hydrogens is 295 g/mol. The van der Waals surface area contributed by atoms with Crippen molar-refractivity contribution < 1.29 is 9.21 Å². The number of hydrogen-bond donors (Lipinski definition) is 0. The summed E-state index contributed by atoms with van der Waals surface area (Å²) >= 11 is 12.1. The van der Waals surface area contributed by atoms with Crippen LogP contribution in [0.5, 0.6) is 0 Å². The molecule has 0 saturated carbocycles. The zero-order valence-corrected chi connectivity index (χ0v) is 11.9. The van der Waals surface area contributed by atoms with Gasteiger partial charge in [-0.2, -0.15) is 0 Å². The van der Waals surface area contributed by atoms with E-state index in [2.05, 4.69) is 0 Å². The number of hydrogen-bond acceptors (Lipinski definition) is 2. The first kappa shape index (κ1) is 13.2. The molecule has 2 nitrogen and oxygen atoms in total. The van der Waals surface area contributed by atoms with Gasteiger partial charge >= 0.3 is 0 Å². The molecule has 3 rings (SSSR count). The van der Waals surface area contributed by atoms with Crippen molar-refractivity contribution in [3.8, 4) is 0 Å². The number of para-hydroxylation sites is 1. The summed E-state index contributed by atoms with van der Waals surface area (Å²) < 4.78 is 5.38. The summed E-state index contributed by atoms with van der Waals surface area (Å²) in [6, 6.07) is 12.7. The standard InChI is InChI=1S/C16H10Cl2O2/c17-13-6-3-4-10(16(13)18)8-14(19)12-9-20-15-7-2-1-5-11(12)15/h1-7,9H,8H2. The third kappa shape index (κ3) is 2.33. The number of fused-ring (bicyclic) bond motifs is 1. The normalized spacial score (nSPS) is 10.9. The fourth-order valence-corrected chi connectivity index (χ4v) is 2.53. The maximum atomic E-state index is 12.4. The van der Waals surface area contributed by atoms with Crippen LogP contribution in [0.15, 0.2) is 53.1 Å². The Hall–Kier alpha value is -1.77. The highest BCUT2D eigenvalue weighted by atomic mass is 35.5. The van der Waals surface area contributed by atoms with Gasteiger partial charge in [0.25, 0.3) is 0 Å². The first-order valence-electron chi connectivity index (χ1n) is 6.09. The monoisotopic (exact) mass is 304 g/mol. The number of halogens is 2. The summed E-state index contributed by atoms with van der Waals surface area (Å²) in [7, 11) is 0. The summed E-state index contributed by atoms with van der Waals surface area (Å²) in [5.74, 6) is -0.0425. The van der Waals surface area contributed by atoms with E-state index in [0.717, 1.165) is 10.9 Å². The molecule has 0 bridgehead atoms. The van der Waals surface area contributed by atoms with Crippen molar-refractivity contribution in [3.05, 3.63) is 69.9 Å². The van der Waals surface area contributed by atoms with E-state index in [0.29, 0.717) is 21.2 Å². The average molecular weight is 305 g/mol. The minimum Gasteiger partial charge on any atom is -0.464 e. The molecule has 0 spiro atoms. The van der Waals surface area contributed by atoms with Crippen molar-refractivity contribution in [3.63, 3.8) is 0 Å². The van der Waals surface area contributed by atoms with E-state index >= 15 is 0 Å². The first-order valence-corrected chi connectivity index (χ1v) is 6.84. The quantitative estimate of drug-likeness (QED) is 0.625. The Labute approximate surface area is 125 Å². The fourth-order valence-electron chi connectivity index (χ4n) is 2.15. The molecule has 2 aromatic carbocycles. The van der Waals surface area contributed by atoms with Gasteiger partial charge in [-0.15, -0.1) is 0 Å². The molecule has 0 saturated heterocycles. The van der Waals surface area contributed by atoms with Crippen LogP contribution in [0.2, 0.25) is 10.0 Å². The van der Waals surface area contributed by atoms with E-state index in [1.165, 1.54) is 6.26 Å². The minimum absolute atomic E-state index is 0.0425. The zero-order chi connectivity index (χ0) is 14.1. The zero-order valence-electron chi connectivity index (χ0n) is 10.4. The molecule has 0 fully saturated rings. The van der Waals surface area contributed by atoms with Gasteiger partial charge in [0.2, 0.25) is 0 Å². The molecule has 0 aliphatic carbocycles. The van der Waals surface area contributed by atoms with Gasteiger partial charge in [0, 0.05) is 11.8 Å². The Balaban J connectivity index is 1.95. The van der Waals surface area contributed by atoms with Gasteiger partial charge in [-0.1, -0.05) is 53.5 Å². The van der Waals surface area contributed by atoms with Crippen LogP contribution in [-0.2, 0) is 6.42 Å². The Kier molecular flexibility index (Phi) is 3.51. The van der Waals surface area contributed by atoms with Crippen molar-refractivity contribution in [2.75, 3.05) is 0 Å². The Morgan fingerprint density at radius 3 is 2.70 bits per heavy atom. The summed E-state index contributed by atoms with van der Waals surface area (Å²) in [6.45, 7) is 0. The predicted octanol–water partition coefficient (Wildman–Crippen LogP) is 5.17. The van der Waals surface area contributed by atoms with Gasteiger partial charge in [-0.25, -0.2) is 0 Å². The molecule has 4 heteroatoms. The maximum Gasteiger partial charge on any atom is 0.171 e. The van der Waals surface area contributed by atoms with Crippen LogP contribution < -0.4 is 0 Å². The Bertz CT molecular complexity index is 790. The number of Topliss-reactive ketones (excluding diaryl/α,β-unsaturated/α-hetero) is 1. The highest BCUT2D eigenvalue weighted by molar-refractivity contribution is 6.42. The van der Waals surface area contributed by atoms with Crippen LogP contribution in [0.4, 0.5) is 0 Å². The van der Waals surface area contributed by atoms with Gasteiger partial charge in [0.15, 0.2) is 5.78 Å². The van der Waals surface area contributed by atoms with E-state index in [-0.39, 0.29) is 12.2 Å². The second-order valence-corrected chi connectivity index (χ2v) is 5.24. The van der Waals surface area contributed by atoms with Crippen molar-refractivity contribution in [2.45, 2.75) is 6.42 Å². The average Bonchev–Trinajstić information content (AvgIpc) is 2.88. The number of furan rings is 1. The highest BCUT2D eigenvalue weighted by Crippen LogP contribution is 2.28. The first-order chi connectivity index (χ1) is 9.66. The number of rotatable bonds is 3. The lowest BCUT2D eigenvalue weighted by Crippen LogP contribution is -2.03. The van der Waals surface area contributed by atoms with Gasteiger partial charge < -0.3 is 4.42 Å². The number of ketones is 1. The topological polar surface area (TPSA) is 30.2 Å². The predicted molar refractivity (Wildman–Crippen MR) is 80.7 cm³/mol. The van der Waals surface area contributed by atoms with Crippen molar-refractivity contribution in [1.82, 2.24) is 0 Å². The smallest absolute Gasteiger partial charge is 0.171 e. The third-order valence-corrected chi connectivity index (χ3v) is 4.02. The van der Waals surface area contributed by atoms with E-state index in [4.69, 9.17) is 27.6 Å². The summed E-state index contributed by atoms with van der Waals surface area (Å²) in [6.07, 6.45) is 1.69. The van der Waals surface area contributed by atoms with Crippen LogP contribution in [0.1, 0.15) is 15.9 Å². The molecular formula is C16H10Cl2O2. The maximum absolute atomic E-state index is 12.4. The van der Waals surface area contributed by atoms with Crippen LogP contribution in [0.3, 0.4) is 0 Å². The third-order valence-electron chi connectivity index (χ3n) is 3.16. The van der Waals surface area contributed by atoms with Crippen LogP contribution >= 0.6 is 23.2 Å². The summed E-state index contributed by atoms with van der Waals surface area (Å²) in [5.41, 5.74) is 1.99. The molecule has 0 N–H and O–H groups in total. The van der Waals surface area contributed by atoms with Crippen LogP contribution in [0.25, 0.3) is 11.0 Å². The molecule has 1 heterocycles. The fraction of sp³-hybridized carbons (Fsp3) is 0.0625. The van der Waals surface area contributed by atoms with Crippen molar-refractivity contribution >= 4 is 40.0 Å². The molecule has 0 radical (unpaired) electrons. The van der Waals surface area contributed by atoms with E-state index < -0.39 is 0 Å². The van der Waals surface area contributed by atoms with E-state index in [9.17, 15) is 4.79 Å². The van der Waals surface area contributed by atoms with Crippen LogP contribution in [0, 0.1) is 0 Å². The van der Waals surface area contributed by atoms with Gasteiger partial charge in [0.05, 0.1) is 15.6 Å². The Morgan fingerprint density at radius 2 is 1.85 bits per heavy atom. The lowest BCUT2D eigenvalue weighted by atomic mass is 10.0. The molecule has 0 atom stereocenters. The molecule has 100 valence electrons. The van der Waals surface area contributed by atoms with Crippen LogP contribution in [-0.4, -0.2) is 5.78 Å². The number of benzene rings is 2. The largest absolute Gasteiger partial charge is 0.464 e. The number of carbonyl (C=O) groups excluding carboxylic acids is 1. The second-order valence-electron chi connectivity index (χ2n) is 4.46. The lowest BCUT2D eigenvalue weighted by Gasteiger charge is -2.04. The molecule has 0 amide bonds. The molecule has 0 aliphatic rings. The minimum atomic E-state index is -0.0425.